The number of ketones is 1. The van der Waals surface area contributed by atoms with Crippen molar-refractivity contribution >= 4 is 23.4 Å². The van der Waals surface area contributed by atoms with Gasteiger partial charge in [-0.25, -0.2) is 4.79 Å². The van der Waals surface area contributed by atoms with Crippen LogP contribution in [0.5, 0.6) is 11.5 Å². The maximum Gasteiger partial charge on any atom is 0.338 e. The number of aliphatic hydroxyl groups excluding tert-OH is 1. The number of nitrogens with zero attached hydrogens (tertiary/aromatic N) is 2. The van der Waals surface area contributed by atoms with E-state index in [4.69, 9.17) is 14.2 Å². The zero-order valence-corrected chi connectivity index (χ0v) is 20.6. The van der Waals surface area contributed by atoms with Gasteiger partial charge in [-0.2, -0.15) is 0 Å². The lowest BCUT2D eigenvalue weighted by Crippen LogP contribution is -2.29. The summed E-state index contributed by atoms with van der Waals surface area (Å²) < 4.78 is 15.6. The highest BCUT2D eigenvalue weighted by molar-refractivity contribution is 6.46. The average molecular weight is 503 g/mol. The Kier molecular flexibility index (Phi) is 7.52. The number of carbonyl (C=O) groups excluding carboxylic acids is 3. The van der Waals surface area contributed by atoms with Crippen LogP contribution in [0, 0.1) is 0 Å². The summed E-state index contributed by atoms with van der Waals surface area (Å²) in [5.74, 6) is -1.54. The molecular weight excluding hydrogens is 476 g/mol. The summed E-state index contributed by atoms with van der Waals surface area (Å²) >= 11 is 0. The van der Waals surface area contributed by atoms with E-state index < -0.39 is 23.7 Å². The van der Waals surface area contributed by atoms with Gasteiger partial charge in [0.1, 0.15) is 5.76 Å². The lowest BCUT2D eigenvalue weighted by atomic mass is 9.96. The van der Waals surface area contributed by atoms with E-state index in [9.17, 15) is 19.5 Å². The van der Waals surface area contributed by atoms with E-state index in [1.54, 1.807) is 67.8 Å². The number of benzene rings is 2. The predicted molar refractivity (Wildman–Crippen MR) is 134 cm³/mol. The number of carbonyl (C=O) groups is 3. The SMILES string of the molecule is CCOC(=O)c1ccc(CN2C(=O)C(=O)/C(=C(\O)c3ccc(OC)c(OC)c3)C2c2cccnc2)cc1. The molecule has 190 valence electrons. The fourth-order valence-electron chi connectivity index (χ4n) is 4.22. The summed E-state index contributed by atoms with van der Waals surface area (Å²) in [6.07, 6.45) is 3.13. The molecule has 1 N–H and O–H groups in total. The Morgan fingerprint density at radius 2 is 1.70 bits per heavy atom. The van der Waals surface area contributed by atoms with E-state index in [1.165, 1.54) is 25.2 Å². The molecule has 0 spiro atoms. The summed E-state index contributed by atoms with van der Waals surface area (Å²) in [4.78, 5) is 44.0. The number of rotatable bonds is 8. The van der Waals surface area contributed by atoms with Crippen molar-refractivity contribution in [3.05, 3.63) is 94.8 Å². The van der Waals surface area contributed by atoms with E-state index in [0.717, 1.165) is 0 Å². The number of hydrogen-bond donors (Lipinski definition) is 1. The van der Waals surface area contributed by atoms with Gasteiger partial charge >= 0.3 is 5.97 Å². The van der Waals surface area contributed by atoms with Crippen LogP contribution in [0.3, 0.4) is 0 Å². The largest absolute Gasteiger partial charge is 0.507 e. The minimum atomic E-state index is -0.883. The lowest BCUT2D eigenvalue weighted by molar-refractivity contribution is -0.140. The monoisotopic (exact) mass is 502 g/mol. The van der Waals surface area contributed by atoms with Crippen LogP contribution in [0.1, 0.15) is 40.0 Å². The van der Waals surface area contributed by atoms with Crippen LogP contribution in [0.25, 0.3) is 5.76 Å². The molecular formula is C28H26N2O7. The zero-order valence-electron chi connectivity index (χ0n) is 20.6. The first-order chi connectivity index (χ1) is 17.9. The number of methoxy groups -OCH3 is 2. The number of hydrogen-bond acceptors (Lipinski definition) is 8. The number of Topliss-reactive ketones (excluding diaryl/α,β-unsaturated/α-hetero) is 1. The molecule has 0 radical (unpaired) electrons. The van der Waals surface area contributed by atoms with E-state index >= 15 is 0 Å². The summed E-state index contributed by atoms with van der Waals surface area (Å²) in [6, 6.07) is 13.9. The van der Waals surface area contributed by atoms with Crippen LogP contribution in [-0.4, -0.2) is 53.5 Å². The topological polar surface area (TPSA) is 115 Å². The van der Waals surface area contributed by atoms with Gasteiger partial charge in [0.2, 0.25) is 0 Å². The number of pyridine rings is 1. The third-order valence-electron chi connectivity index (χ3n) is 6.02. The molecule has 1 fully saturated rings. The highest BCUT2D eigenvalue weighted by Gasteiger charge is 2.46. The molecule has 1 amide bonds. The van der Waals surface area contributed by atoms with Crippen molar-refractivity contribution in [1.29, 1.82) is 0 Å². The summed E-state index contributed by atoms with van der Waals surface area (Å²) in [6.45, 7) is 2.05. The molecule has 0 saturated carbocycles. The van der Waals surface area contributed by atoms with Gasteiger partial charge < -0.3 is 24.2 Å². The van der Waals surface area contributed by atoms with E-state index in [1.807, 2.05) is 0 Å². The molecule has 1 atom stereocenters. The van der Waals surface area contributed by atoms with Crippen molar-refractivity contribution in [2.45, 2.75) is 19.5 Å². The standard InChI is InChI=1S/C28H26N2O7/c1-4-37-28(34)18-9-7-17(8-10-18)16-30-24(20-6-5-13-29-15-20)23(26(32)27(30)33)25(31)19-11-12-21(35-2)22(14-19)36-3/h5-15,24,31H,4,16H2,1-3H3/b25-23-. The van der Waals surface area contributed by atoms with Gasteiger partial charge in [-0.1, -0.05) is 18.2 Å². The van der Waals surface area contributed by atoms with Crippen molar-refractivity contribution < 1.29 is 33.7 Å². The van der Waals surface area contributed by atoms with Gasteiger partial charge in [-0.05, 0) is 54.4 Å². The molecule has 3 aromatic rings. The van der Waals surface area contributed by atoms with Gasteiger partial charge in [0, 0.05) is 24.5 Å². The molecule has 1 aromatic heterocycles. The highest BCUT2D eigenvalue weighted by Crippen LogP contribution is 2.41. The summed E-state index contributed by atoms with van der Waals surface area (Å²) in [5, 5.41) is 11.3. The molecule has 37 heavy (non-hydrogen) atoms. The van der Waals surface area contributed by atoms with Crippen LogP contribution >= 0.6 is 0 Å². The fraction of sp³-hybridized carbons (Fsp3) is 0.214. The number of amides is 1. The Hall–Kier alpha value is -4.66. The normalized spacial score (nSPS) is 16.5. The van der Waals surface area contributed by atoms with Crippen molar-refractivity contribution in [2.24, 2.45) is 0 Å². The Morgan fingerprint density at radius 3 is 2.32 bits per heavy atom. The first kappa shape index (κ1) is 25.4. The molecule has 9 heteroatoms. The van der Waals surface area contributed by atoms with Gasteiger partial charge in [0.15, 0.2) is 11.5 Å². The van der Waals surface area contributed by atoms with Crippen LogP contribution in [0.15, 0.2) is 72.6 Å². The number of ether oxygens (including phenoxy) is 3. The van der Waals surface area contributed by atoms with Crippen LogP contribution in [0.4, 0.5) is 0 Å². The molecule has 9 nitrogen and oxygen atoms in total. The van der Waals surface area contributed by atoms with Crippen molar-refractivity contribution in [3.8, 4) is 11.5 Å². The van der Waals surface area contributed by atoms with Gasteiger partial charge in [0.05, 0.1) is 38.0 Å². The fourth-order valence-corrected chi connectivity index (χ4v) is 4.22. The summed E-state index contributed by atoms with van der Waals surface area (Å²) in [7, 11) is 2.95. The maximum absolute atomic E-state index is 13.3. The Labute approximate surface area is 213 Å². The number of aliphatic hydroxyl groups is 1. The summed E-state index contributed by atoms with van der Waals surface area (Å²) in [5.41, 5.74) is 1.86. The molecule has 0 bridgehead atoms. The number of aromatic nitrogens is 1. The molecule has 1 unspecified atom stereocenters. The molecule has 0 aliphatic carbocycles. The number of esters is 1. The van der Waals surface area contributed by atoms with Crippen LogP contribution in [0.2, 0.25) is 0 Å². The lowest BCUT2D eigenvalue weighted by Gasteiger charge is -2.25. The quantitative estimate of drug-likeness (QED) is 0.213. The Bertz CT molecular complexity index is 1350. The zero-order chi connectivity index (χ0) is 26.5. The van der Waals surface area contributed by atoms with Crippen LogP contribution in [-0.2, 0) is 20.9 Å². The minimum Gasteiger partial charge on any atom is -0.507 e. The smallest absolute Gasteiger partial charge is 0.338 e. The minimum absolute atomic E-state index is 0.0617. The van der Waals surface area contributed by atoms with E-state index in [-0.39, 0.29) is 24.5 Å². The molecule has 1 saturated heterocycles. The molecule has 4 rings (SSSR count). The third-order valence-corrected chi connectivity index (χ3v) is 6.02. The molecule has 2 aromatic carbocycles. The average Bonchev–Trinajstić information content (AvgIpc) is 3.18. The number of likely N-dealkylation sites (tertiary alicyclic amines) is 1. The van der Waals surface area contributed by atoms with Crippen molar-refractivity contribution in [1.82, 2.24) is 9.88 Å². The second-order valence-corrected chi connectivity index (χ2v) is 8.20. The van der Waals surface area contributed by atoms with Gasteiger partial charge in [0.25, 0.3) is 11.7 Å². The second kappa shape index (κ2) is 10.9. The van der Waals surface area contributed by atoms with E-state index in [0.29, 0.717) is 33.8 Å². The molecule has 1 aliphatic rings. The first-order valence-corrected chi connectivity index (χ1v) is 11.6. The highest BCUT2D eigenvalue weighted by atomic mass is 16.5. The maximum atomic E-state index is 13.3. The Morgan fingerprint density at radius 1 is 1.00 bits per heavy atom. The first-order valence-electron chi connectivity index (χ1n) is 11.6. The third kappa shape index (κ3) is 5.02. The van der Waals surface area contributed by atoms with E-state index in [2.05, 4.69) is 4.98 Å². The van der Waals surface area contributed by atoms with Gasteiger partial charge in [-0.15, -0.1) is 0 Å². The van der Waals surface area contributed by atoms with Crippen LogP contribution < -0.4 is 9.47 Å². The second-order valence-electron chi connectivity index (χ2n) is 8.20. The van der Waals surface area contributed by atoms with Gasteiger partial charge in [-0.3, -0.25) is 14.6 Å². The predicted octanol–water partition coefficient (Wildman–Crippen LogP) is 3.90. The van der Waals surface area contributed by atoms with Crippen molar-refractivity contribution in [2.75, 3.05) is 20.8 Å². The molecule has 2 heterocycles. The Balaban J connectivity index is 1.76. The molecule has 1 aliphatic heterocycles. The van der Waals surface area contributed by atoms with Crippen molar-refractivity contribution in [3.63, 3.8) is 0 Å².